The Kier molecular flexibility index (Phi) is 16.2. The molecular weight excluding hydrogens is 626 g/mol. The SMILES string of the molecule is CCCCC(C)CC(C)C(=O)N(C)C(CC(C)C)C(=O)NC(C(=O)N(C)C(C(=O)N1CCCC1C(=O)N1C(=O)CCC1C)C(C)C)C(C)O. The Hall–Kier alpha value is -3.02. The number of carbonyl (C=O) groups excluding carboxylic acids is 6. The first-order chi connectivity index (χ1) is 22.8. The van der Waals surface area contributed by atoms with Gasteiger partial charge in [-0.15, -0.1) is 0 Å². The standard InChI is InChI=1S/C37H65N5O7/c1-12-13-15-24(6)21-25(7)34(46)39(10)29(20-22(2)3)33(45)38-31(27(9)43)36(48)40(11)32(23(4)5)37(49)41-19-14-16-28(41)35(47)42-26(8)17-18-30(42)44/h22-29,31-32,43H,12-21H2,1-11H3,(H,38,45). The summed E-state index contributed by atoms with van der Waals surface area (Å²) in [6.07, 6.45) is 4.88. The second-order valence-corrected chi connectivity index (χ2v) is 15.5. The molecule has 12 nitrogen and oxygen atoms in total. The summed E-state index contributed by atoms with van der Waals surface area (Å²) >= 11 is 0. The van der Waals surface area contributed by atoms with Gasteiger partial charge in [-0.1, -0.05) is 67.7 Å². The number of carbonyl (C=O) groups is 6. The molecule has 8 atom stereocenters. The zero-order chi connectivity index (χ0) is 37.3. The monoisotopic (exact) mass is 691 g/mol. The van der Waals surface area contributed by atoms with E-state index in [1.165, 1.54) is 33.6 Å². The van der Waals surface area contributed by atoms with Crippen LogP contribution in [0.4, 0.5) is 0 Å². The zero-order valence-corrected chi connectivity index (χ0v) is 32.0. The largest absolute Gasteiger partial charge is 0.391 e. The normalized spacial score (nSPS) is 21.7. The molecule has 0 aromatic rings. The first-order valence-electron chi connectivity index (χ1n) is 18.5. The van der Waals surface area contributed by atoms with E-state index in [2.05, 4.69) is 19.2 Å². The van der Waals surface area contributed by atoms with E-state index < -0.39 is 48.0 Å². The number of unbranched alkanes of at least 4 members (excludes halogenated alkanes) is 1. The fourth-order valence-corrected chi connectivity index (χ4v) is 7.44. The molecule has 6 amide bonds. The highest BCUT2D eigenvalue weighted by Gasteiger charge is 2.46. The van der Waals surface area contributed by atoms with Crippen LogP contribution in [0.25, 0.3) is 0 Å². The molecule has 2 heterocycles. The fourth-order valence-electron chi connectivity index (χ4n) is 7.44. The first-order valence-corrected chi connectivity index (χ1v) is 18.5. The highest BCUT2D eigenvalue weighted by molar-refractivity contribution is 6.02. The van der Waals surface area contributed by atoms with Gasteiger partial charge < -0.3 is 25.1 Å². The average Bonchev–Trinajstić information content (AvgIpc) is 3.65. The van der Waals surface area contributed by atoms with Gasteiger partial charge in [0.25, 0.3) is 5.91 Å². The van der Waals surface area contributed by atoms with E-state index in [9.17, 15) is 33.9 Å². The van der Waals surface area contributed by atoms with Crippen molar-refractivity contribution in [3.8, 4) is 0 Å². The lowest BCUT2D eigenvalue weighted by molar-refractivity contribution is -0.155. The van der Waals surface area contributed by atoms with Crippen LogP contribution in [-0.2, 0) is 28.8 Å². The van der Waals surface area contributed by atoms with E-state index in [1.54, 1.807) is 20.9 Å². The summed E-state index contributed by atoms with van der Waals surface area (Å²) in [6, 6.07) is -4.26. The smallest absolute Gasteiger partial charge is 0.252 e. The van der Waals surface area contributed by atoms with Crippen LogP contribution in [0.2, 0.25) is 0 Å². The number of hydrogen-bond donors (Lipinski definition) is 2. The van der Waals surface area contributed by atoms with E-state index in [0.717, 1.165) is 19.3 Å². The minimum Gasteiger partial charge on any atom is -0.391 e. The number of aliphatic hydroxyl groups is 1. The van der Waals surface area contributed by atoms with Gasteiger partial charge in [0.15, 0.2) is 0 Å². The average molecular weight is 692 g/mol. The number of imide groups is 1. The Bertz CT molecular complexity index is 1170. The Balaban J connectivity index is 2.27. The second-order valence-electron chi connectivity index (χ2n) is 15.5. The molecule has 2 fully saturated rings. The summed E-state index contributed by atoms with van der Waals surface area (Å²) in [5.41, 5.74) is 0. The maximum Gasteiger partial charge on any atom is 0.252 e. The van der Waals surface area contributed by atoms with Crippen molar-refractivity contribution in [2.75, 3.05) is 20.6 Å². The van der Waals surface area contributed by atoms with Crippen LogP contribution in [-0.4, -0.2) is 117 Å². The van der Waals surface area contributed by atoms with Crippen molar-refractivity contribution in [1.82, 2.24) is 24.9 Å². The fraction of sp³-hybridized carbons (Fsp3) is 0.838. The Morgan fingerprint density at radius 1 is 0.939 bits per heavy atom. The first kappa shape index (κ1) is 42.1. The molecule has 2 aliphatic heterocycles. The lowest BCUT2D eigenvalue weighted by Crippen LogP contribution is -2.62. The summed E-state index contributed by atoms with van der Waals surface area (Å²) in [4.78, 5) is 87.0. The van der Waals surface area contributed by atoms with Gasteiger partial charge >= 0.3 is 0 Å². The summed E-state index contributed by atoms with van der Waals surface area (Å²) in [7, 11) is 3.08. The van der Waals surface area contributed by atoms with Crippen LogP contribution in [0.15, 0.2) is 0 Å². The van der Waals surface area contributed by atoms with E-state index in [-0.39, 0.29) is 41.5 Å². The molecule has 2 aliphatic rings. The maximum atomic E-state index is 14.1. The molecule has 0 bridgehead atoms. The molecule has 2 rings (SSSR count). The van der Waals surface area contributed by atoms with Gasteiger partial charge in [-0.25, -0.2) is 0 Å². The van der Waals surface area contributed by atoms with Gasteiger partial charge in [0.05, 0.1) is 6.10 Å². The third-order valence-electron chi connectivity index (χ3n) is 10.3. The van der Waals surface area contributed by atoms with Gasteiger partial charge in [0.1, 0.15) is 24.2 Å². The van der Waals surface area contributed by atoms with Gasteiger partial charge in [-0.3, -0.25) is 33.7 Å². The predicted octanol–water partition coefficient (Wildman–Crippen LogP) is 3.59. The summed E-state index contributed by atoms with van der Waals surface area (Å²) < 4.78 is 0. The van der Waals surface area contributed by atoms with Gasteiger partial charge in [-0.05, 0) is 63.7 Å². The van der Waals surface area contributed by atoms with Crippen LogP contribution < -0.4 is 5.32 Å². The molecule has 0 radical (unpaired) electrons. The van der Waals surface area contributed by atoms with E-state index in [0.29, 0.717) is 51.0 Å². The van der Waals surface area contributed by atoms with Crippen molar-refractivity contribution in [1.29, 1.82) is 0 Å². The van der Waals surface area contributed by atoms with Crippen molar-refractivity contribution in [3.63, 3.8) is 0 Å². The minimum atomic E-state index is -1.38. The van der Waals surface area contributed by atoms with Crippen LogP contribution in [0.5, 0.6) is 0 Å². The lowest BCUT2D eigenvalue weighted by Gasteiger charge is -2.38. The molecule has 8 unspecified atom stereocenters. The lowest BCUT2D eigenvalue weighted by atomic mass is 9.91. The van der Waals surface area contributed by atoms with Crippen molar-refractivity contribution in [3.05, 3.63) is 0 Å². The molecule has 0 aromatic carbocycles. The van der Waals surface area contributed by atoms with E-state index in [1.807, 2.05) is 27.7 Å². The molecule has 0 saturated carbocycles. The van der Waals surface area contributed by atoms with Crippen LogP contribution in [0, 0.1) is 23.7 Å². The number of likely N-dealkylation sites (tertiary alicyclic amines) is 2. The molecule has 0 aliphatic carbocycles. The molecule has 12 heteroatoms. The zero-order valence-electron chi connectivity index (χ0n) is 32.0. The van der Waals surface area contributed by atoms with Crippen LogP contribution in [0.1, 0.15) is 120 Å². The molecule has 49 heavy (non-hydrogen) atoms. The quantitative estimate of drug-likeness (QED) is 0.222. The third kappa shape index (κ3) is 10.7. The number of likely N-dealkylation sites (N-methyl/N-ethyl adjacent to an activating group) is 2. The molecular formula is C37H65N5O7. The molecule has 2 saturated heterocycles. The van der Waals surface area contributed by atoms with Crippen LogP contribution >= 0.6 is 0 Å². The maximum absolute atomic E-state index is 14.1. The predicted molar refractivity (Wildman–Crippen MR) is 189 cm³/mol. The summed E-state index contributed by atoms with van der Waals surface area (Å²) in [5, 5.41) is 13.5. The summed E-state index contributed by atoms with van der Waals surface area (Å²) in [5.74, 6) is -2.61. The third-order valence-corrected chi connectivity index (χ3v) is 10.3. The topological polar surface area (TPSA) is 148 Å². The molecule has 2 N–H and O–H groups in total. The Morgan fingerprint density at radius 3 is 2.08 bits per heavy atom. The number of rotatable bonds is 17. The number of nitrogens with zero attached hydrogens (tertiary/aromatic N) is 4. The van der Waals surface area contributed by atoms with Crippen molar-refractivity contribution < 1.29 is 33.9 Å². The number of aliphatic hydroxyl groups excluding tert-OH is 1. The second kappa shape index (κ2) is 18.8. The highest BCUT2D eigenvalue weighted by Crippen LogP contribution is 2.28. The molecule has 0 spiro atoms. The van der Waals surface area contributed by atoms with E-state index in [4.69, 9.17) is 0 Å². The Labute approximate surface area is 294 Å². The van der Waals surface area contributed by atoms with Crippen molar-refractivity contribution in [2.45, 2.75) is 156 Å². The number of amides is 6. The van der Waals surface area contributed by atoms with Gasteiger partial charge in [0.2, 0.25) is 29.5 Å². The minimum absolute atomic E-state index is 0.0612. The number of nitrogens with one attached hydrogen (secondary N) is 1. The summed E-state index contributed by atoms with van der Waals surface area (Å²) in [6.45, 7) is 17.2. The van der Waals surface area contributed by atoms with Crippen LogP contribution in [0.3, 0.4) is 0 Å². The highest BCUT2D eigenvalue weighted by atomic mass is 16.3. The molecule has 0 aromatic heterocycles. The van der Waals surface area contributed by atoms with Gasteiger partial charge in [0, 0.05) is 39.0 Å². The molecule has 280 valence electrons. The number of hydrogen-bond acceptors (Lipinski definition) is 7. The Morgan fingerprint density at radius 2 is 1.57 bits per heavy atom. The van der Waals surface area contributed by atoms with Gasteiger partial charge in [-0.2, -0.15) is 0 Å². The van der Waals surface area contributed by atoms with Crippen molar-refractivity contribution in [2.24, 2.45) is 23.7 Å². The van der Waals surface area contributed by atoms with Crippen molar-refractivity contribution >= 4 is 35.4 Å². The van der Waals surface area contributed by atoms with E-state index >= 15 is 0 Å².